The minimum Gasteiger partial charge on any atom is -0.377 e. The fourth-order valence-corrected chi connectivity index (χ4v) is 3.73. The topological polar surface area (TPSA) is 41.3 Å². The van der Waals surface area contributed by atoms with E-state index in [2.05, 4.69) is 10.2 Å². The molecule has 2 atom stereocenters. The van der Waals surface area contributed by atoms with Crippen LogP contribution in [0.2, 0.25) is 5.02 Å². The van der Waals surface area contributed by atoms with Gasteiger partial charge in [-0.25, -0.2) is 4.39 Å². The lowest BCUT2D eigenvalue weighted by molar-refractivity contribution is 0.145. The Balaban J connectivity index is 1.81. The summed E-state index contributed by atoms with van der Waals surface area (Å²) in [5.74, 6) is -0.276. The van der Waals surface area contributed by atoms with Gasteiger partial charge in [-0.1, -0.05) is 11.6 Å². The number of nitrogens with zero attached hydrogens (tertiary/aromatic N) is 1. The van der Waals surface area contributed by atoms with Crippen LogP contribution in [0.5, 0.6) is 0 Å². The second-order valence-electron chi connectivity index (χ2n) is 6.02. The van der Waals surface area contributed by atoms with Crippen LogP contribution >= 0.6 is 11.6 Å². The first kappa shape index (κ1) is 14.1. The van der Waals surface area contributed by atoms with E-state index < -0.39 is 0 Å². The summed E-state index contributed by atoms with van der Waals surface area (Å²) in [6, 6.07) is 5.03. The standard InChI is InChI=1S/C15H21ClFN3/c16-13-4-3-11(17)8-14(13)19-15(10-18)5-7-20-6-1-2-12(20)9-15/h3-4,8,12,19H,1-2,5-7,9-10,18H2. The van der Waals surface area contributed by atoms with Crippen molar-refractivity contribution in [1.82, 2.24) is 4.90 Å². The normalized spacial score (nSPS) is 30.2. The van der Waals surface area contributed by atoms with Gasteiger partial charge in [0.25, 0.3) is 0 Å². The fraction of sp³-hybridized carbons (Fsp3) is 0.600. The van der Waals surface area contributed by atoms with Gasteiger partial charge in [0.15, 0.2) is 0 Å². The van der Waals surface area contributed by atoms with E-state index in [-0.39, 0.29) is 11.4 Å². The van der Waals surface area contributed by atoms with Crippen LogP contribution in [0.4, 0.5) is 10.1 Å². The molecule has 0 spiro atoms. The Hall–Kier alpha value is -0.840. The van der Waals surface area contributed by atoms with Gasteiger partial charge in [0, 0.05) is 19.1 Å². The number of benzene rings is 1. The first-order chi connectivity index (χ1) is 9.62. The molecule has 110 valence electrons. The Bertz CT molecular complexity index is 496. The Morgan fingerprint density at radius 3 is 3.10 bits per heavy atom. The summed E-state index contributed by atoms with van der Waals surface area (Å²) >= 11 is 6.17. The van der Waals surface area contributed by atoms with Gasteiger partial charge in [0.2, 0.25) is 0 Å². The van der Waals surface area contributed by atoms with Crippen molar-refractivity contribution in [2.75, 3.05) is 25.0 Å². The van der Waals surface area contributed by atoms with Crippen LogP contribution in [0.15, 0.2) is 18.2 Å². The second kappa shape index (κ2) is 5.51. The average molecular weight is 298 g/mol. The largest absolute Gasteiger partial charge is 0.377 e. The van der Waals surface area contributed by atoms with E-state index in [1.54, 1.807) is 6.07 Å². The van der Waals surface area contributed by atoms with Crippen molar-refractivity contribution >= 4 is 17.3 Å². The first-order valence-electron chi connectivity index (χ1n) is 7.29. The lowest BCUT2D eigenvalue weighted by Gasteiger charge is -2.45. The molecule has 2 unspecified atom stereocenters. The van der Waals surface area contributed by atoms with Crippen molar-refractivity contribution in [2.24, 2.45) is 5.73 Å². The first-order valence-corrected chi connectivity index (χ1v) is 7.67. The highest BCUT2D eigenvalue weighted by molar-refractivity contribution is 6.33. The maximum absolute atomic E-state index is 13.4. The molecule has 1 aromatic carbocycles. The summed E-state index contributed by atoms with van der Waals surface area (Å²) in [7, 11) is 0. The quantitative estimate of drug-likeness (QED) is 0.901. The molecule has 0 aromatic heterocycles. The monoisotopic (exact) mass is 297 g/mol. The van der Waals surface area contributed by atoms with Gasteiger partial charge >= 0.3 is 0 Å². The van der Waals surface area contributed by atoms with Crippen LogP contribution in [0.3, 0.4) is 0 Å². The molecule has 5 heteroatoms. The third kappa shape index (κ3) is 2.65. The second-order valence-corrected chi connectivity index (χ2v) is 6.43. The summed E-state index contributed by atoms with van der Waals surface area (Å²) in [5, 5.41) is 3.99. The van der Waals surface area contributed by atoms with Gasteiger partial charge < -0.3 is 16.0 Å². The van der Waals surface area contributed by atoms with E-state index in [0.717, 1.165) is 19.4 Å². The lowest BCUT2D eigenvalue weighted by atomic mass is 9.83. The molecule has 0 saturated carbocycles. The number of hydrogen-bond donors (Lipinski definition) is 2. The Labute approximate surface area is 124 Å². The lowest BCUT2D eigenvalue weighted by Crippen LogP contribution is -2.55. The van der Waals surface area contributed by atoms with Crippen LogP contribution in [0, 0.1) is 5.82 Å². The zero-order valence-corrected chi connectivity index (χ0v) is 12.3. The van der Waals surface area contributed by atoms with E-state index in [1.165, 1.54) is 31.5 Å². The molecule has 0 aliphatic carbocycles. The van der Waals surface area contributed by atoms with Crippen molar-refractivity contribution in [2.45, 2.75) is 37.3 Å². The molecule has 0 bridgehead atoms. The summed E-state index contributed by atoms with van der Waals surface area (Å²) in [6.07, 6.45) is 4.50. The van der Waals surface area contributed by atoms with Gasteiger partial charge in [0.05, 0.1) is 16.2 Å². The van der Waals surface area contributed by atoms with E-state index in [4.69, 9.17) is 17.3 Å². The van der Waals surface area contributed by atoms with E-state index in [0.29, 0.717) is 23.3 Å². The van der Waals surface area contributed by atoms with Crippen molar-refractivity contribution in [1.29, 1.82) is 0 Å². The highest BCUT2D eigenvalue weighted by Crippen LogP contribution is 2.36. The molecule has 0 amide bonds. The minimum atomic E-state index is -0.276. The number of nitrogens with one attached hydrogen (secondary N) is 1. The van der Waals surface area contributed by atoms with Crippen LogP contribution in [-0.4, -0.2) is 36.1 Å². The third-order valence-corrected chi connectivity index (χ3v) is 5.05. The molecule has 2 fully saturated rings. The van der Waals surface area contributed by atoms with Crippen LogP contribution < -0.4 is 11.1 Å². The van der Waals surface area contributed by atoms with Gasteiger partial charge in [-0.15, -0.1) is 0 Å². The van der Waals surface area contributed by atoms with Crippen LogP contribution in [0.25, 0.3) is 0 Å². The number of piperidine rings is 1. The molecular formula is C15H21ClFN3. The van der Waals surface area contributed by atoms with E-state index in [1.807, 2.05) is 0 Å². The molecule has 2 aliphatic heterocycles. The van der Waals surface area contributed by atoms with Crippen molar-refractivity contribution < 1.29 is 4.39 Å². The van der Waals surface area contributed by atoms with Crippen molar-refractivity contribution in [3.8, 4) is 0 Å². The summed E-state index contributed by atoms with van der Waals surface area (Å²) < 4.78 is 13.4. The molecular weight excluding hydrogens is 277 g/mol. The molecule has 3 nitrogen and oxygen atoms in total. The Morgan fingerprint density at radius 2 is 2.30 bits per heavy atom. The summed E-state index contributed by atoms with van der Waals surface area (Å²) in [6.45, 7) is 2.80. The average Bonchev–Trinajstić information content (AvgIpc) is 2.90. The maximum atomic E-state index is 13.4. The van der Waals surface area contributed by atoms with E-state index >= 15 is 0 Å². The Morgan fingerprint density at radius 1 is 1.45 bits per heavy atom. The molecule has 20 heavy (non-hydrogen) atoms. The number of fused-ring (bicyclic) bond motifs is 1. The number of anilines is 1. The van der Waals surface area contributed by atoms with Crippen molar-refractivity contribution in [3.63, 3.8) is 0 Å². The highest BCUT2D eigenvalue weighted by Gasteiger charge is 2.40. The molecule has 2 saturated heterocycles. The molecule has 3 N–H and O–H groups in total. The molecule has 2 aliphatic rings. The number of nitrogens with two attached hydrogens (primary N) is 1. The third-order valence-electron chi connectivity index (χ3n) is 4.72. The number of halogens is 2. The Kier molecular flexibility index (Phi) is 3.89. The predicted molar refractivity (Wildman–Crippen MR) is 80.6 cm³/mol. The highest BCUT2D eigenvalue weighted by atomic mass is 35.5. The predicted octanol–water partition coefficient (Wildman–Crippen LogP) is 2.85. The zero-order valence-electron chi connectivity index (χ0n) is 11.5. The van der Waals surface area contributed by atoms with Gasteiger partial charge in [0.1, 0.15) is 5.82 Å². The summed E-state index contributed by atoms with van der Waals surface area (Å²) in [4.78, 5) is 2.54. The molecule has 0 radical (unpaired) electrons. The van der Waals surface area contributed by atoms with Crippen LogP contribution in [-0.2, 0) is 0 Å². The molecule has 3 rings (SSSR count). The molecule has 2 heterocycles. The minimum absolute atomic E-state index is 0.164. The SMILES string of the molecule is NCC1(Nc2cc(F)ccc2Cl)CCN2CCCC2C1. The molecule has 1 aromatic rings. The van der Waals surface area contributed by atoms with Gasteiger partial charge in [-0.05, 0) is 50.4 Å². The van der Waals surface area contributed by atoms with Gasteiger partial charge in [-0.3, -0.25) is 0 Å². The fourth-order valence-electron chi connectivity index (χ4n) is 3.56. The number of rotatable bonds is 3. The van der Waals surface area contributed by atoms with Crippen molar-refractivity contribution in [3.05, 3.63) is 29.0 Å². The number of hydrogen-bond acceptors (Lipinski definition) is 3. The summed E-state index contributed by atoms with van der Waals surface area (Å²) in [5.41, 5.74) is 6.53. The zero-order chi connectivity index (χ0) is 14.2. The van der Waals surface area contributed by atoms with Gasteiger partial charge in [-0.2, -0.15) is 0 Å². The smallest absolute Gasteiger partial charge is 0.125 e. The van der Waals surface area contributed by atoms with Crippen LogP contribution in [0.1, 0.15) is 25.7 Å². The van der Waals surface area contributed by atoms with E-state index in [9.17, 15) is 4.39 Å². The maximum Gasteiger partial charge on any atom is 0.125 e.